The van der Waals surface area contributed by atoms with Crippen molar-refractivity contribution in [2.75, 3.05) is 13.1 Å². The summed E-state index contributed by atoms with van der Waals surface area (Å²) in [5.74, 6) is 0. The zero-order valence-electron chi connectivity index (χ0n) is 10.6. The van der Waals surface area contributed by atoms with E-state index in [1.165, 1.54) is 19.3 Å². The van der Waals surface area contributed by atoms with E-state index in [2.05, 4.69) is 0 Å². The first-order chi connectivity index (χ1) is 8.27. The number of hydrogen-bond acceptors (Lipinski definition) is 3. The average Bonchev–Trinajstić information content (AvgIpc) is 2.56. The van der Waals surface area contributed by atoms with Crippen LogP contribution in [0.25, 0.3) is 0 Å². The molecule has 98 valence electrons. The predicted octanol–water partition coefficient (Wildman–Crippen LogP) is 2.27. The highest BCUT2D eigenvalue weighted by Crippen LogP contribution is 2.20. The van der Waals surface area contributed by atoms with E-state index in [4.69, 9.17) is 10.5 Å². The summed E-state index contributed by atoms with van der Waals surface area (Å²) in [6.07, 6.45) is 8.65. The van der Waals surface area contributed by atoms with Crippen molar-refractivity contribution in [2.45, 2.75) is 63.5 Å². The molecule has 0 aromatic rings. The number of amides is 1. The van der Waals surface area contributed by atoms with Gasteiger partial charge in [-0.3, -0.25) is 0 Å². The largest absolute Gasteiger partial charge is 0.444 e. The van der Waals surface area contributed by atoms with Crippen molar-refractivity contribution in [3.8, 4) is 0 Å². The first-order valence-electron chi connectivity index (χ1n) is 6.98. The maximum Gasteiger partial charge on any atom is 0.410 e. The minimum atomic E-state index is -0.146. The number of nitrogens with two attached hydrogens (primary N) is 1. The lowest BCUT2D eigenvalue weighted by molar-refractivity contribution is 0.0437. The van der Waals surface area contributed by atoms with E-state index in [-0.39, 0.29) is 18.2 Å². The summed E-state index contributed by atoms with van der Waals surface area (Å²) in [6.45, 7) is 1.70. The Labute approximate surface area is 103 Å². The zero-order chi connectivity index (χ0) is 12.1. The van der Waals surface area contributed by atoms with Crippen LogP contribution in [0.5, 0.6) is 0 Å². The maximum absolute atomic E-state index is 12.0. The molecular formula is C13H24N2O2. The number of carbonyl (C=O) groups excluding carboxylic acids is 1. The number of likely N-dealkylation sites (tertiary alicyclic amines) is 1. The van der Waals surface area contributed by atoms with Crippen LogP contribution < -0.4 is 5.73 Å². The molecule has 1 amide bonds. The molecule has 1 heterocycles. The summed E-state index contributed by atoms with van der Waals surface area (Å²) in [6, 6.07) is 0.0336. The number of rotatable bonds is 1. The average molecular weight is 240 g/mol. The van der Waals surface area contributed by atoms with Gasteiger partial charge in [-0.25, -0.2) is 4.79 Å². The van der Waals surface area contributed by atoms with Crippen LogP contribution >= 0.6 is 0 Å². The maximum atomic E-state index is 12.0. The van der Waals surface area contributed by atoms with Crippen LogP contribution in [-0.2, 0) is 4.74 Å². The highest BCUT2D eigenvalue weighted by Gasteiger charge is 2.26. The van der Waals surface area contributed by atoms with Crippen LogP contribution in [0.1, 0.15) is 51.4 Å². The molecule has 2 fully saturated rings. The van der Waals surface area contributed by atoms with Crippen molar-refractivity contribution in [1.29, 1.82) is 0 Å². The Morgan fingerprint density at radius 2 is 1.65 bits per heavy atom. The molecule has 2 N–H and O–H groups in total. The Kier molecular flexibility index (Phi) is 4.66. The van der Waals surface area contributed by atoms with Gasteiger partial charge < -0.3 is 15.4 Å². The molecule has 0 bridgehead atoms. The molecule has 17 heavy (non-hydrogen) atoms. The van der Waals surface area contributed by atoms with Gasteiger partial charge in [0.05, 0.1) is 0 Å². The fraction of sp³-hybridized carbons (Fsp3) is 0.923. The van der Waals surface area contributed by atoms with Crippen LogP contribution in [0.4, 0.5) is 4.79 Å². The Morgan fingerprint density at radius 1 is 1.00 bits per heavy atom. The molecule has 1 saturated heterocycles. The standard InChI is InChI=1S/C13H24N2O2/c14-11-7-3-1-4-8-12(11)17-13(16)15-9-5-2-6-10-15/h11-12H,1-10,14H2. The zero-order valence-corrected chi connectivity index (χ0v) is 10.6. The van der Waals surface area contributed by atoms with Crippen LogP contribution in [0, 0.1) is 0 Å². The topological polar surface area (TPSA) is 55.6 Å². The molecule has 2 aliphatic rings. The second-order valence-corrected chi connectivity index (χ2v) is 5.27. The molecule has 0 aromatic carbocycles. The van der Waals surface area contributed by atoms with Crippen molar-refractivity contribution in [3.05, 3.63) is 0 Å². The Hall–Kier alpha value is -0.770. The molecule has 1 aliphatic heterocycles. The summed E-state index contributed by atoms with van der Waals surface area (Å²) in [4.78, 5) is 13.8. The van der Waals surface area contributed by atoms with Gasteiger partial charge in [-0.1, -0.05) is 12.8 Å². The third kappa shape index (κ3) is 3.60. The van der Waals surface area contributed by atoms with Gasteiger partial charge in [0.2, 0.25) is 0 Å². The van der Waals surface area contributed by atoms with Gasteiger partial charge in [-0.15, -0.1) is 0 Å². The van der Waals surface area contributed by atoms with E-state index in [0.29, 0.717) is 0 Å². The summed E-state index contributed by atoms with van der Waals surface area (Å²) in [7, 11) is 0. The lowest BCUT2D eigenvalue weighted by Crippen LogP contribution is -2.43. The Balaban J connectivity index is 1.83. The minimum Gasteiger partial charge on any atom is -0.444 e. The summed E-state index contributed by atoms with van der Waals surface area (Å²) in [5.41, 5.74) is 6.06. The van der Waals surface area contributed by atoms with Crippen molar-refractivity contribution in [3.63, 3.8) is 0 Å². The predicted molar refractivity (Wildman–Crippen MR) is 66.8 cm³/mol. The smallest absolute Gasteiger partial charge is 0.410 e. The van der Waals surface area contributed by atoms with Gasteiger partial charge in [0.15, 0.2) is 0 Å². The summed E-state index contributed by atoms with van der Waals surface area (Å²) in [5, 5.41) is 0. The van der Waals surface area contributed by atoms with Crippen LogP contribution in [0.2, 0.25) is 0 Å². The van der Waals surface area contributed by atoms with E-state index in [0.717, 1.165) is 45.2 Å². The molecule has 2 rings (SSSR count). The van der Waals surface area contributed by atoms with Gasteiger partial charge in [0.1, 0.15) is 6.10 Å². The van der Waals surface area contributed by atoms with E-state index in [1.807, 2.05) is 4.90 Å². The highest BCUT2D eigenvalue weighted by atomic mass is 16.6. The number of carbonyl (C=O) groups is 1. The minimum absolute atomic E-state index is 0.0336. The lowest BCUT2D eigenvalue weighted by atomic mass is 10.1. The van der Waals surface area contributed by atoms with Gasteiger partial charge in [0, 0.05) is 19.1 Å². The normalized spacial score (nSPS) is 30.8. The van der Waals surface area contributed by atoms with Gasteiger partial charge in [0.25, 0.3) is 0 Å². The first kappa shape index (κ1) is 12.7. The van der Waals surface area contributed by atoms with Crippen LogP contribution in [0.15, 0.2) is 0 Å². The number of hydrogen-bond donors (Lipinski definition) is 1. The highest BCUT2D eigenvalue weighted by molar-refractivity contribution is 5.68. The van der Waals surface area contributed by atoms with E-state index in [1.54, 1.807) is 0 Å². The molecule has 4 nitrogen and oxygen atoms in total. The van der Waals surface area contributed by atoms with E-state index < -0.39 is 0 Å². The van der Waals surface area contributed by atoms with Gasteiger partial charge in [-0.2, -0.15) is 0 Å². The molecule has 2 atom stereocenters. The van der Waals surface area contributed by atoms with Crippen molar-refractivity contribution >= 4 is 6.09 Å². The lowest BCUT2D eigenvalue weighted by Gasteiger charge is -2.29. The van der Waals surface area contributed by atoms with E-state index in [9.17, 15) is 4.79 Å². The van der Waals surface area contributed by atoms with E-state index >= 15 is 0 Å². The van der Waals surface area contributed by atoms with Gasteiger partial charge in [-0.05, 0) is 38.5 Å². The molecule has 1 aliphatic carbocycles. The van der Waals surface area contributed by atoms with Crippen molar-refractivity contribution < 1.29 is 9.53 Å². The number of piperidine rings is 1. The quantitative estimate of drug-likeness (QED) is 0.715. The summed E-state index contributed by atoms with van der Waals surface area (Å²) < 4.78 is 5.59. The molecule has 2 unspecified atom stereocenters. The number of nitrogens with zero attached hydrogens (tertiary/aromatic N) is 1. The summed E-state index contributed by atoms with van der Waals surface area (Å²) >= 11 is 0. The Morgan fingerprint density at radius 3 is 2.41 bits per heavy atom. The monoisotopic (exact) mass is 240 g/mol. The number of ether oxygens (including phenoxy) is 1. The second-order valence-electron chi connectivity index (χ2n) is 5.27. The van der Waals surface area contributed by atoms with Gasteiger partial charge >= 0.3 is 6.09 Å². The van der Waals surface area contributed by atoms with Crippen molar-refractivity contribution in [1.82, 2.24) is 4.90 Å². The first-order valence-corrected chi connectivity index (χ1v) is 6.98. The molecule has 0 spiro atoms. The third-order valence-electron chi connectivity index (χ3n) is 3.87. The van der Waals surface area contributed by atoms with Crippen LogP contribution in [-0.4, -0.2) is 36.2 Å². The van der Waals surface area contributed by atoms with Crippen molar-refractivity contribution in [2.24, 2.45) is 5.73 Å². The SMILES string of the molecule is NC1CCCCCC1OC(=O)N1CCCCC1. The van der Waals surface area contributed by atoms with Crippen LogP contribution in [0.3, 0.4) is 0 Å². The third-order valence-corrected chi connectivity index (χ3v) is 3.87. The molecule has 0 radical (unpaired) electrons. The molecule has 1 saturated carbocycles. The molecule has 0 aromatic heterocycles. The fourth-order valence-electron chi connectivity index (χ4n) is 2.73. The molecule has 4 heteroatoms. The Bertz CT molecular complexity index is 252. The fourth-order valence-corrected chi connectivity index (χ4v) is 2.73. The molecular weight excluding hydrogens is 216 g/mol. The second kappa shape index (κ2) is 6.24.